The SMILES string of the molecule is Cl.Cl.NCCCC(=O)N[C@@H](Cc1cnc[nH]1)C(=O)O. The van der Waals surface area contributed by atoms with Crippen molar-refractivity contribution in [2.75, 3.05) is 6.54 Å². The lowest BCUT2D eigenvalue weighted by atomic mass is 10.1. The Labute approximate surface area is 123 Å². The summed E-state index contributed by atoms with van der Waals surface area (Å²) in [6, 6.07) is -0.944. The fourth-order valence-electron chi connectivity index (χ4n) is 1.35. The molecule has 1 rings (SSSR count). The third-order valence-electron chi connectivity index (χ3n) is 2.22. The zero-order chi connectivity index (χ0) is 12.7. The average molecular weight is 313 g/mol. The van der Waals surface area contributed by atoms with E-state index >= 15 is 0 Å². The van der Waals surface area contributed by atoms with Gasteiger partial charge in [0.25, 0.3) is 0 Å². The van der Waals surface area contributed by atoms with E-state index in [1.807, 2.05) is 0 Å². The molecule has 0 saturated heterocycles. The van der Waals surface area contributed by atoms with Gasteiger partial charge in [0.2, 0.25) is 5.91 Å². The first-order valence-corrected chi connectivity index (χ1v) is 5.33. The zero-order valence-electron chi connectivity index (χ0n) is 10.2. The molecular formula is C10H18Cl2N4O3. The van der Waals surface area contributed by atoms with Gasteiger partial charge in [0, 0.05) is 24.7 Å². The van der Waals surface area contributed by atoms with Crippen molar-refractivity contribution >= 4 is 36.7 Å². The minimum Gasteiger partial charge on any atom is -0.480 e. The first-order chi connectivity index (χ1) is 8.13. The van der Waals surface area contributed by atoms with Gasteiger partial charge < -0.3 is 21.1 Å². The summed E-state index contributed by atoms with van der Waals surface area (Å²) in [5, 5.41) is 11.4. The van der Waals surface area contributed by atoms with Gasteiger partial charge in [-0.15, -0.1) is 24.8 Å². The highest BCUT2D eigenvalue weighted by atomic mass is 35.5. The van der Waals surface area contributed by atoms with Gasteiger partial charge in [-0.1, -0.05) is 0 Å². The topological polar surface area (TPSA) is 121 Å². The van der Waals surface area contributed by atoms with E-state index in [2.05, 4.69) is 15.3 Å². The highest BCUT2D eigenvalue weighted by Crippen LogP contribution is 1.99. The first-order valence-electron chi connectivity index (χ1n) is 5.33. The van der Waals surface area contributed by atoms with E-state index < -0.39 is 12.0 Å². The van der Waals surface area contributed by atoms with E-state index in [4.69, 9.17) is 10.8 Å². The fraction of sp³-hybridized carbons (Fsp3) is 0.500. The Morgan fingerprint density at radius 1 is 1.47 bits per heavy atom. The molecule has 9 heteroatoms. The van der Waals surface area contributed by atoms with Crippen LogP contribution in [0.4, 0.5) is 0 Å². The van der Waals surface area contributed by atoms with E-state index in [-0.39, 0.29) is 43.6 Å². The van der Waals surface area contributed by atoms with Crippen molar-refractivity contribution < 1.29 is 14.7 Å². The molecule has 0 aliphatic carbocycles. The van der Waals surface area contributed by atoms with E-state index in [0.717, 1.165) is 0 Å². The van der Waals surface area contributed by atoms with Crippen LogP contribution < -0.4 is 11.1 Å². The normalized spacial score (nSPS) is 10.8. The number of rotatable bonds is 7. The monoisotopic (exact) mass is 312 g/mol. The van der Waals surface area contributed by atoms with Crippen LogP contribution >= 0.6 is 24.8 Å². The summed E-state index contributed by atoms with van der Waals surface area (Å²) in [5.41, 5.74) is 5.93. The fourth-order valence-corrected chi connectivity index (χ4v) is 1.35. The van der Waals surface area contributed by atoms with Crippen molar-refractivity contribution in [3.05, 3.63) is 18.2 Å². The third kappa shape index (κ3) is 7.66. The summed E-state index contributed by atoms with van der Waals surface area (Å²) >= 11 is 0. The molecule has 1 amide bonds. The Bertz CT molecular complexity index is 373. The Kier molecular flexibility index (Phi) is 11.2. The van der Waals surface area contributed by atoms with Crippen LogP contribution in [0.3, 0.4) is 0 Å². The molecule has 0 unspecified atom stereocenters. The van der Waals surface area contributed by atoms with Gasteiger partial charge in [-0.3, -0.25) is 4.79 Å². The Morgan fingerprint density at radius 2 is 2.16 bits per heavy atom. The van der Waals surface area contributed by atoms with Crippen LogP contribution in [0.25, 0.3) is 0 Å². The Morgan fingerprint density at radius 3 is 2.63 bits per heavy atom. The standard InChI is InChI=1S/C10H16N4O3.2ClH/c11-3-1-2-9(15)14-8(10(16)17)4-7-5-12-6-13-7;;/h5-6,8H,1-4,11H2,(H,12,13)(H,14,15)(H,16,17);2*1H/t8-;;/m0../s1. The van der Waals surface area contributed by atoms with Crippen LogP contribution in [0, 0.1) is 0 Å². The number of nitrogens with two attached hydrogens (primary N) is 1. The molecule has 110 valence electrons. The van der Waals surface area contributed by atoms with Gasteiger partial charge in [0.05, 0.1) is 6.33 Å². The second-order valence-corrected chi connectivity index (χ2v) is 3.63. The Hall–Kier alpha value is -1.31. The zero-order valence-corrected chi connectivity index (χ0v) is 11.8. The van der Waals surface area contributed by atoms with Gasteiger partial charge >= 0.3 is 5.97 Å². The summed E-state index contributed by atoms with van der Waals surface area (Å²) in [7, 11) is 0. The molecule has 19 heavy (non-hydrogen) atoms. The van der Waals surface area contributed by atoms with Crippen molar-refractivity contribution in [1.29, 1.82) is 0 Å². The number of halogens is 2. The second kappa shape index (κ2) is 10.6. The number of carbonyl (C=O) groups excluding carboxylic acids is 1. The smallest absolute Gasteiger partial charge is 0.326 e. The Balaban J connectivity index is 0. The van der Waals surface area contributed by atoms with Crippen LogP contribution in [0.2, 0.25) is 0 Å². The number of amides is 1. The van der Waals surface area contributed by atoms with Crippen molar-refractivity contribution in [1.82, 2.24) is 15.3 Å². The summed E-state index contributed by atoms with van der Waals surface area (Å²) < 4.78 is 0. The maximum Gasteiger partial charge on any atom is 0.326 e. The van der Waals surface area contributed by atoms with Gasteiger partial charge in [-0.25, -0.2) is 9.78 Å². The number of hydrogen-bond acceptors (Lipinski definition) is 4. The van der Waals surface area contributed by atoms with Gasteiger partial charge in [-0.2, -0.15) is 0 Å². The largest absolute Gasteiger partial charge is 0.480 e. The predicted molar refractivity (Wildman–Crippen MR) is 74.6 cm³/mol. The summed E-state index contributed by atoms with van der Waals surface area (Å²) in [5.74, 6) is -1.37. The van der Waals surface area contributed by atoms with Crippen LogP contribution in [0.5, 0.6) is 0 Å². The lowest BCUT2D eigenvalue weighted by Gasteiger charge is -2.13. The molecule has 1 heterocycles. The van der Waals surface area contributed by atoms with Crippen molar-refractivity contribution in [3.8, 4) is 0 Å². The second-order valence-electron chi connectivity index (χ2n) is 3.63. The van der Waals surface area contributed by atoms with Crippen LogP contribution in [0.15, 0.2) is 12.5 Å². The minimum atomic E-state index is -1.07. The number of nitrogens with zero attached hydrogens (tertiary/aromatic N) is 1. The van der Waals surface area contributed by atoms with Crippen LogP contribution in [-0.4, -0.2) is 39.5 Å². The van der Waals surface area contributed by atoms with E-state index in [1.165, 1.54) is 12.5 Å². The minimum absolute atomic E-state index is 0. The number of H-pyrrole nitrogens is 1. The molecule has 1 aromatic heterocycles. The maximum absolute atomic E-state index is 11.4. The molecule has 0 fully saturated rings. The van der Waals surface area contributed by atoms with Crippen molar-refractivity contribution in [3.63, 3.8) is 0 Å². The molecule has 0 bridgehead atoms. The number of nitrogens with one attached hydrogen (secondary N) is 2. The molecule has 0 saturated carbocycles. The number of aliphatic carboxylic acids is 1. The number of aromatic amines is 1. The lowest BCUT2D eigenvalue weighted by Crippen LogP contribution is -2.42. The van der Waals surface area contributed by atoms with E-state index in [0.29, 0.717) is 18.7 Å². The molecule has 0 spiro atoms. The molecule has 0 aliphatic heterocycles. The summed E-state index contributed by atoms with van der Waals surface area (Å²) in [6.45, 7) is 0.408. The molecular weight excluding hydrogens is 295 g/mol. The van der Waals surface area contributed by atoms with Gasteiger partial charge in [-0.05, 0) is 13.0 Å². The first kappa shape index (κ1) is 20.0. The molecule has 1 atom stereocenters. The molecule has 0 aromatic carbocycles. The van der Waals surface area contributed by atoms with Crippen LogP contribution in [-0.2, 0) is 16.0 Å². The molecule has 1 aromatic rings. The molecule has 7 nitrogen and oxygen atoms in total. The summed E-state index contributed by atoms with van der Waals surface area (Å²) in [4.78, 5) is 28.9. The molecule has 5 N–H and O–H groups in total. The number of imidazole rings is 1. The highest BCUT2D eigenvalue weighted by Gasteiger charge is 2.20. The number of aromatic nitrogens is 2. The number of hydrogen-bond donors (Lipinski definition) is 4. The third-order valence-corrected chi connectivity index (χ3v) is 2.22. The summed E-state index contributed by atoms with van der Waals surface area (Å²) in [6.07, 6.45) is 3.96. The maximum atomic E-state index is 11.4. The van der Waals surface area contributed by atoms with Crippen molar-refractivity contribution in [2.24, 2.45) is 5.73 Å². The van der Waals surface area contributed by atoms with Gasteiger partial charge in [0.15, 0.2) is 0 Å². The van der Waals surface area contributed by atoms with E-state index in [9.17, 15) is 9.59 Å². The predicted octanol–water partition coefficient (Wildman–Crippen LogP) is 0.104. The molecule has 0 aliphatic rings. The van der Waals surface area contributed by atoms with Crippen LogP contribution in [0.1, 0.15) is 18.5 Å². The highest BCUT2D eigenvalue weighted by molar-refractivity contribution is 5.85. The van der Waals surface area contributed by atoms with Crippen molar-refractivity contribution in [2.45, 2.75) is 25.3 Å². The number of carboxylic acids is 1. The quantitative estimate of drug-likeness (QED) is 0.569. The van der Waals surface area contributed by atoms with E-state index in [1.54, 1.807) is 0 Å². The number of carbonyl (C=O) groups is 2. The molecule has 0 radical (unpaired) electrons. The number of carboxylic acid groups (broad SMARTS) is 1. The lowest BCUT2D eigenvalue weighted by molar-refractivity contribution is -0.141. The average Bonchev–Trinajstić information content (AvgIpc) is 2.78. The van der Waals surface area contributed by atoms with Gasteiger partial charge in [0.1, 0.15) is 6.04 Å².